The van der Waals surface area contributed by atoms with Gasteiger partial charge in [-0.25, -0.2) is 0 Å². The average molecular weight is 399 g/mol. The van der Waals surface area contributed by atoms with E-state index in [4.69, 9.17) is 10.00 Å². The maximum Gasteiger partial charge on any atom is 0.149 e. The lowest BCUT2D eigenvalue weighted by atomic mass is 9.92. The van der Waals surface area contributed by atoms with Gasteiger partial charge in [-0.1, -0.05) is 48.6 Å². The van der Waals surface area contributed by atoms with Gasteiger partial charge in [-0.05, 0) is 54.7 Å². The summed E-state index contributed by atoms with van der Waals surface area (Å²) in [4.78, 5) is 11.0. The molecule has 2 aromatic rings. The third-order valence-corrected chi connectivity index (χ3v) is 5.00. The zero-order valence-corrected chi connectivity index (χ0v) is 17.4. The van der Waals surface area contributed by atoms with Gasteiger partial charge in [0.25, 0.3) is 0 Å². The molecule has 1 aliphatic carbocycles. The molecule has 0 fully saturated rings. The van der Waals surface area contributed by atoms with Crippen LogP contribution in [-0.4, -0.2) is 19.4 Å². The minimum Gasteiger partial charge on any atom is -0.494 e. The molecule has 1 N–H and O–H groups in total. The van der Waals surface area contributed by atoms with Crippen molar-refractivity contribution in [3.05, 3.63) is 89.2 Å². The summed E-state index contributed by atoms with van der Waals surface area (Å²) in [5, 5.41) is 12.5. The predicted octanol–water partition coefficient (Wildman–Crippen LogP) is 5.17. The summed E-state index contributed by atoms with van der Waals surface area (Å²) in [5.74, 6) is 0.993. The monoisotopic (exact) mass is 398 g/mol. The van der Waals surface area contributed by atoms with Gasteiger partial charge in [0.15, 0.2) is 0 Å². The third kappa shape index (κ3) is 5.07. The third-order valence-electron chi connectivity index (χ3n) is 5.00. The summed E-state index contributed by atoms with van der Waals surface area (Å²) in [6, 6.07) is 16.1. The highest BCUT2D eigenvalue weighted by Crippen LogP contribution is 2.34. The Kier molecular flexibility index (Phi) is 7.24. The average Bonchev–Trinajstić information content (AvgIpc) is 2.94. The van der Waals surface area contributed by atoms with Crippen LogP contribution in [0.1, 0.15) is 36.5 Å². The number of ketones is 1. The first-order valence-electron chi connectivity index (χ1n) is 10.1. The fraction of sp³-hybridized carbons (Fsp3) is 0.231. The molecule has 0 amide bonds. The molecule has 152 valence electrons. The van der Waals surface area contributed by atoms with Crippen LogP contribution in [0, 0.1) is 11.3 Å². The van der Waals surface area contributed by atoms with E-state index in [9.17, 15) is 4.79 Å². The number of rotatable bonds is 8. The number of Topliss-reactive ketones (excluding diaryl/α,β-unsaturated/α-hetero) is 1. The summed E-state index contributed by atoms with van der Waals surface area (Å²) in [5.41, 5.74) is 6.11. The highest BCUT2D eigenvalue weighted by molar-refractivity contribution is 5.78. The zero-order chi connectivity index (χ0) is 21.3. The van der Waals surface area contributed by atoms with E-state index in [0.717, 1.165) is 47.5 Å². The normalized spacial score (nSPS) is 13.0. The van der Waals surface area contributed by atoms with E-state index in [1.165, 1.54) is 5.56 Å². The smallest absolute Gasteiger partial charge is 0.149 e. The second-order valence-corrected chi connectivity index (χ2v) is 7.17. The van der Waals surface area contributed by atoms with E-state index in [1.54, 1.807) is 14.0 Å². The quantitative estimate of drug-likeness (QED) is 0.492. The van der Waals surface area contributed by atoms with Crippen molar-refractivity contribution in [2.75, 3.05) is 13.7 Å². The minimum atomic E-state index is 0.171. The molecule has 3 rings (SSSR count). The van der Waals surface area contributed by atoms with Crippen molar-refractivity contribution in [2.45, 2.75) is 26.2 Å². The molecule has 4 heteroatoms. The van der Waals surface area contributed by atoms with Gasteiger partial charge in [0.05, 0.1) is 24.4 Å². The number of hydrogen-bond donors (Lipinski definition) is 1. The summed E-state index contributed by atoms with van der Waals surface area (Å²) < 4.78 is 5.81. The molecule has 0 bridgehead atoms. The summed E-state index contributed by atoms with van der Waals surface area (Å²) in [7, 11) is 1.70. The molecule has 0 aromatic heterocycles. The van der Waals surface area contributed by atoms with Crippen LogP contribution in [0.25, 0.3) is 16.9 Å². The molecule has 1 aliphatic rings. The lowest BCUT2D eigenvalue weighted by Crippen LogP contribution is -2.15. The number of nitrogens with zero attached hydrogens (tertiary/aromatic N) is 1. The van der Waals surface area contributed by atoms with Crippen LogP contribution < -0.4 is 5.32 Å². The number of ether oxygens (including phenoxy) is 1. The molecule has 0 heterocycles. The van der Waals surface area contributed by atoms with E-state index < -0.39 is 0 Å². The number of methoxy groups -OCH3 is 1. The standard InChI is InChI=1S/C26H26N2O2/c1-19(29)8-4-3-5-17-28-25-12-7-10-23-22(9-6-11-24(23)26(25)30-2)21-15-13-20(18-27)14-16-21/h3-4,6-7,9,11-16,28H,5,8,10,17H2,1-2H3/b4-3+. The van der Waals surface area contributed by atoms with E-state index in [-0.39, 0.29) is 5.78 Å². The van der Waals surface area contributed by atoms with Gasteiger partial charge in [-0.15, -0.1) is 0 Å². The summed E-state index contributed by atoms with van der Waals surface area (Å²) in [6.45, 7) is 2.35. The topological polar surface area (TPSA) is 62.1 Å². The van der Waals surface area contributed by atoms with Crippen molar-refractivity contribution in [3.8, 4) is 17.2 Å². The van der Waals surface area contributed by atoms with Crippen LogP contribution in [0.5, 0.6) is 0 Å². The first kappa shape index (κ1) is 21.1. The fourth-order valence-corrected chi connectivity index (χ4v) is 3.55. The second kappa shape index (κ2) is 10.3. The Bertz CT molecular complexity index is 1040. The van der Waals surface area contributed by atoms with Crippen molar-refractivity contribution in [1.82, 2.24) is 5.32 Å². The van der Waals surface area contributed by atoms with Crippen LogP contribution in [0.2, 0.25) is 0 Å². The number of carbonyl (C=O) groups excluding carboxylic acids is 1. The number of carbonyl (C=O) groups is 1. The lowest BCUT2D eigenvalue weighted by molar-refractivity contribution is -0.116. The second-order valence-electron chi connectivity index (χ2n) is 7.17. The molecule has 0 unspecified atom stereocenters. The van der Waals surface area contributed by atoms with Crippen LogP contribution >= 0.6 is 0 Å². The Labute approximate surface area is 178 Å². The first-order valence-corrected chi connectivity index (χ1v) is 10.1. The van der Waals surface area contributed by atoms with E-state index in [0.29, 0.717) is 12.0 Å². The molecule has 2 aromatic carbocycles. The van der Waals surface area contributed by atoms with Crippen molar-refractivity contribution in [3.63, 3.8) is 0 Å². The molecule has 0 saturated heterocycles. The van der Waals surface area contributed by atoms with Gasteiger partial charge < -0.3 is 10.1 Å². The minimum absolute atomic E-state index is 0.171. The van der Waals surface area contributed by atoms with Crippen molar-refractivity contribution in [1.29, 1.82) is 5.26 Å². The van der Waals surface area contributed by atoms with E-state index in [1.807, 2.05) is 42.5 Å². The molecule has 30 heavy (non-hydrogen) atoms. The molecular weight excluding hydrogens is 372 g/mol. The molecule has 0 spiro atoms. The number of benzene rings is 2. The lowest BCUT2D eigenvalue weighted by Gasteiger charge is -2.17. The number of nitrogens with one attached hydrogen (secondary N) is 1. The summed E-state index contributed by atoms with van der Waals surface area (Å²) in [6.07, 6.45) is 10.3. The van der Waals surface area contributed by atoms with Crippen LogP contribution in [0.3, 0.4) is 0 Å². The van der Waals surface area contributed by atoms with Crippen molar-refractivity contribution in [2.24, 2.45) is 0 Å². The highest BCUT2D eigenvalue weighted by Gasteiger charge is 2.18. The fourth-order valence-electron chi connectivity index (χ4n) is 3.55. The van der Waals surface area contributed by atoms with Crippen molar-refractivity contribution < 1.29 is 9.53 Å². The molecular formula is C26H26N2O2. The predicted molar refractivity (Wildman–Crippen MR) is 120 cm³/mol. The Morgan fingerprint density at radius 1 is 1.17 bits per heavy atom. The number of nitriles is 1. The highest BCUT2D eigenvalue weighted by atomic mass is 16.5. The van der Waals surface area contributed by atoms with E-state index >= 15 is 0 Å². The Morgan fingerprint density at radius 3 is 2.63 bits per heavy atom. The number of hydrogen-bond acceptors (Lipinski definition) is 4. The van der Waals surface area contributed by atoms with Crippen LogP contribution in [0.15, 0.2) is 72.5 Å². The first-order chi connectivity index (χ1) is 14.6. The molecule has 0 atom stereocenters. The maximum absolute atomic E-state index is 11.0. The van der Waals surface area contributed by atoms with Gasteiger partial charge in [-0.2, -0.15) is 5.26 Å². The number of fused-ring (bicyclic) bond motifs is 1. The molecule has 4 nitrogen and oxygen atoms in total. The molecule has 0 saturated carbocycles. The van der Waals surface area contributed by atoms with Crippen LogP contribution in [-0.2, 0) is 16.0 Å². The van der Waals surface area contributed by atoms with Gasteiger partial charge in [0.1, 0.15) is 11.5 Å². The van der Waals surface area contributed by atoms with Gasteiger partial charge in [0, 0.05) is 18.5 Å². The Morgan fingerprint density at radius 2 is 1.93 bits per heavy atom. The molecule has 0 radical (unpaired) electrons. The Balaban J connectivity index is 1.86. The maximum atomic E-state index is 11.0. The summed E-state index contributed by atoms with van der Waals surface area (Å²) >= 11 is 0. The molecule has 0 aliphatic heterocycles. The van der Waals surface area contributed by atoms with Gasteiger partial charge in [-0.3, -0.25) is 4.79 Å². The number of allylic oxidation sites excluding steroid dienone is 3. The zero-order valence-electron chi connectivity index (χ0n) is 17.4. The SMILES string of the molecule is COC1=C(NCC/C=C/CC(C)=O)C=CCc2c1cccc2-c1ccc(C#N)cc1. The Hall–Kier alpha value is -3.58. The van der Waals surface area contributed by atoms with E-state index in [2.05, 4.69) is 35.7 Å². The van der Waals surface area contributed by atoms with Gasteiger partial charge >= 0.3 is 0 Å². The van der Waals surface area contributed by atoms with Crippen LogP contribution in [0.4, 0.5) is 0 Å². The van der Waals surface area contributed by atoms with Crippen molar-refractivity contribution >= 4 is 11.5 Å². The largest absolute Gasteiger partial charge is 0.494 e. The van der Waals surface area contributed by atoms with Gasteiger partial charge in [0.2, 0.25) is 0 Å².